The van der Waals surface area contributed by atoms with Gasteiger partial charge in [-0.25, -0.2) is 4.98 Å². The zero-order valence-corrected chi connectivity index (χ0v) is 12.5. The molecule has 1 aromatic heterocycles. The van der Waals surface area contributed by atoms with Gasteiger partial charge in [0.05, 0.1) is 18.8 Å². The van der Waals surface area contributed by atoms with E-state index in [0.29, 0.717) is 24.0 Å². The van der Waals surface area contributed by atoms with Crippen molar-refractivity contribution in [1.29, 1.82) is 0 Å². The fourth-order valence-electron chi connectivity index (χ4n) is 2.07. The molecule has 0 atom stereocenters. The number of nitrogens with zero attached hydrogens (tertiary/aromatic N) is 2. The second-order valence-electron chi connectivity index (χ2n) is 4.62. The summed E-state index contributed by atoms with van der Waals surface area (Å²) in [6.45, 7) is 6.18. The number of aliphatic hydroxyl groups excluding tert-OH is 1. The summed E-state index contributed by atoms with van der Waals surface area (Å²) in [5, 5.41) is 9.70. The predicted octanol–water partition coefficient (Wildman–Crippen LogP) is 3.12. The van der Waals surface area contributed by atoms with Crippen molar-refractivity contribution >= 4 is 11.6 Å². The molecular formula is C15H19ClN2O2. The standard InChI is InChI=1S/C15H19ClN2O2/c1-3-18(8-9-19)10-14-17-11(2)15(20-14)12-4-6-13(16)7-5-12/h4-7,19H,3,8-10H2,1-2H3. The van der Waals surface area contributed by atoms with Crippen molar-refractivity contribution in [2.45, 2.75) is 20.4 Å². The first-order valence-electron chi connectivity index (χ1n) is 6.69. The first kappa shape index (κ1) is 15.0. The Balaban J connectivity index is 2.18. The van der Waals surface area contributed by atoms with Crippen LogP contribution in [0.4, 0.5) is 0 Å². The smallest absolute Gasteiger partial charge is 0.209 e. The van der Waals surface area contributed by atoms with Crippen molar-refractivity contribution in [2.24, 2.45) is 0 Å². The number of aryl methyl sites for hydroxylation is 1. The zero-order chi connectivity index (χ0) is 14.5. The van der Waals surface area contributed by atoms with Crippen LogP contribution in [0.3, 0.4) is 0 Å². The van der Waals surface area contributed by atoms with Crippen molar-refractivity contribution < 1.29 is 9.52 Å². The van der Waals surface area contributed by atoms with Gasteiger partial charge in [-0.15, -0.1) is 0 Å². The Kier molecular flexibility index (Phi) is 5.17. The third kappa shape index (κ3) is 3.60. The van der Waals surface area contributed by atoms with Gasteiger partial charge in [0.1, 0.15) is 0 Å². The largest absolute Gasteiger partial charge is 0.439 e. The molecule has 0 aliphatic heterocycles. The van der Waals surface area contributed by atoms with Gasteiger partial charge in [0.15, 0.2) is 5.76 Å². The minimum absolute atomic E-state index is 0.136. The molecule has 4 nitrogen and oxygen atoms in total. The Bertz CT molecular complexity index is 552. The van der Waals surface area contributed by atoms with E-state index in [1.807, 2.05) is 38.1 Å². The molecule has 0 spiro atoms. The summed E-state index contributed by atoms with van der Waals surface area (Å²) in [6, 6.07) is 7.52. The van der Waals surface area contributed by atoms with Gasteiger partial charge in [0.2, 0.25) is 5.89 Å². The number of halogens is 1. The number of aromatic nitrogens is 1. The first-order valence-corrected chi connectivity index (χ1v) is 7.07. The second kappa shape index (κ2) is 6.88. The van der Waals surface area contributed by atoms with E-state index < -0.39 is 0 Å². The summed E-state index contributed by atoms with van der Waals surface area (Å²) in [4.78, 5) is 6.54. The number of benzene rings is 1. The van der Waals surface area contributed by atoms with Crippen LogP contribution in [0.15, 0.2) is 28.7 Å². The third-order valence-electron chi connectivity index (χ3n) is 3.17. The highest BCUT2D eigenvalue weighted by atomic mass is 35.5. The van der Waals surface area contributed by atoms with Crippen molar-refractivity contribution in [3.8, 4) is 11.3 Å². The normalized spacial score (nSPS) is 11.2. The Morgan fingerprint density at radius 1 is 1.30 bits per heavy atom. The van der Waals surface area contributed by atoms with Gasteiger partial charge in [-0.2, -0.15) is 0 Å². The van der Waals surface area contributed by atoms with Crippen LogP contribution in [-0.4, -0.2) is 34.7 Å². The Morgan fingerprint density at radius 2 is 2.00 bits per heavy atom. The van der Waals surface area contributed by atoms with Crippen molar-refractivity contribution in [3.63, 3.8) is 0 Å². The molecule has 0 amide bonds. The van der Waals surface area contributed by atoms with E-state index in [9.17, 15) is 0 Å². The number of likely N-dealkylation sites (N-methyl/N-ethyl adjacent to an activating group) is 1. The molecule has 0 saturated heterocycles. The molecule has 108 valence electrons. The molecule has 0 aliphatic rings. The summed E-state index contributed by atoms with van der Waals surface area (Å²) in [5.74, 6) is 1.44. The monoisotopic (exact) mass is 294 g/mol. The molecule has 2 rings (SSSR count). The van der Waals surface area contributed by atoms with Gasteiger partial charge in [-0.1, -0.05) is 18.5 Å². The van der Waals surface area contributed by atoms with Crippen LogP contribution in [0, 0.1) is 6.92 Å². The van der Waals surface area contributed by atoms with Gasteiger partial charge in [-0.05, 0) is 37.7 Å². The maximum atomic E-state index is 9.00. The Labute approximate surface area is 124 Å². The van der Waals surface area contributed by atoms with E-state index in [4.69, 9.17) is 21.1 Å². The molecule has 5 heteroatoms. The van der Waals surface area contributed by atoms with E-state index in [2.05, 4.69) is 9.88 Å². The molecule has 0 bridgehead atoms. The molecule has 20 heavy (non-hydrogen) atoms. The lowest BCUT2D eigenvalue weighted by atomic mass is 10.1. The van der Waals surface area contributed by atoms with Crippen LogP contribution in [0.25, 0.3) is 11.3 Å². The summed E-state index contributed by atoms with van der Waals surface area (Å²) >= 11 is 5.89. The van der Waals surface area contributed by atoms with Crippen LogP contribution < -0.4 is 0 Å². The number of aliphatic hydroxyl groups is 1. The molecule has 0 fully saturated rings. The molecule has 1 heterocycles. The number of oxazole rings is 1. The lowest BCUT2D eigenvalue weighted by Crippen LogP contribution is -2.26. The maximum absolute atomic E-state index is 9.00. The van der Waals surface area contributed by atoms with Crippen molar-refractivity contribution in [1.82, 2.24) is 9.88 Å². The first-order chi connectivity index (χ1) is 9.63. The lowest BCUT2D eigenvalue weighted by molar-refractivity contribution is 0.185. The molecule has 0 unspecified atom stereocenters. The van der Waals surface area contributed by atoms with Gasteiger partial charge in [0, 0.05) is 17.1 Å². The quantitative estimate of drug-likeness (QED) is 0.889. The average Bonchev–Trinajstić information content (AvgIpc) is 2.80. The summed E-state index contributed by atoms with van der Waals surface area (Å²) < 4.78 is 5.84. The third-order valence-corrected chi connectivity index (χ3v) is 3.42. The molecule has 1 aromatic carbocycles. The van der Waals surface area contributed by atoms with E-state index in [1.165, 1.54) is 0 Å². The van der Waals surface area contributed by atoms with E-state index in [1.54, 1.807) is 0 Å². The van der Waals surface area contributed by atoms with E-state index in [0.717, 1.165) is 23.6 Å². The van der Waals surface area contributed by atoms with Crippen LogP contribution in [0.2, 0.25) is 5.02 Å². The zero-order valence-electron chi connectivity index (χ0n) is 11.8. The topological polar surface area (TPSA) is 49.5 Å². The van der Waals surface area contributed by atoms with Gasteiger partial charge >= 0.3 is 0 Å². The van der Waals surface area contributed by atoms with Gasteiger partial charge in [-0.3, -0.25) is 4.90 Å². The minimum atomic E-state index is 0.136. The minimum Gasteiger partial charge on any atom is -0.439 e. The van der Waals surface area contributed by atoms with Crippen molar-refractivity contribution in [3.05, 3.63) is 40.9 Å². The Morgan fingerprint density at radius 3 is 2.60 bits per heavy atom. The number of hydrogen-bond acceptors (Lipinski definition) is 4. The predicted molar refractivity (Wildman–Crippen MR) is 79.7 cm³/mol. The highest BCUT2D eigenvalue weighted by molar-refractivity contribution is 6.30. The van der Waals surface area contributed by atoms with Crippen LogP contribution in [-0.2, 0) is 6.54 Å². The number of hydrogen-bond donors (Lipinski definition) is 1. The van der Waals surface area contributed by atoms with E-state index in [-0.39, 0.29) is 6.61 Å². The summed E-state index contributed by atoms with van der Waals surface area (Å²) in [5.41, 5.74) is 1.83. The molecule has 1 N–H and O–H groups in total. The highest BCUT2D eigenvalue weighted by Gasteiger charge is 2.14. The van der Waals surface area contributed by atoms with Gasteiger partial charge < -0.3 is 9.52 Å². The van der Waals surface area contributed by atoms with Gasteiger partial charge in [0.25, 0.3) is 0 Å². The summed E-state index contributed by atoms with van der Waals surface area (Å²) in [6.07, 6.45) is 0. The highest BCUT2D eigenvalue weighted by Crippen LogP contribution is 2.26. The van der Waals surface area contributed by atoms with E-state index >= 15 is 0 Å². The molecule has 0 radical (unpaired) electrons. The fraction of sp³-hybridized carbons (Fsp3) is 0.400. The number of rotatable bonds is 6. The average molecular weight is 295 g/mol. The van der Waals surface area contributed by atoms with Crippen LogP contribution in [0.5, 0.6) is 0 Å². The van der Waals surface area contributed by atoms with Crippen LogP contribution in [0.1, 0.15) is 18.5 Å². The van der Waals surface area contributed by atoms with Crippen molar-refractivity contribution in [2.75, 3.05) is 19.7 Å². The SMILES string of the molecule is CCN(CCO)Cc1nc(C)c(-c2ccc(Cl)cc2)o1. The lowest BCUT2D eigenvalue weighted by Gasteiger charge is -2.16. The summed E-state index contributed by atoms with van der Waals surface area (Å²) in [7, 11) is 0. The Hall–Kier alpha value is -1.36. The molecule has 2 aromatic rings. The molecule has 0 aliphatic carbocycles. The molecular weight excluding hydrogens is 276 g/mol. The second-order valence-corrected chi connectivity index (χ2v) is 5.06. The fourth-order valence-corrected chi connectivity index (χ4v) is 2.20. The van der Waals surface area contributed by atoms with Crippen LogP contribution >= 0.6 is 11.6 Å². The maximum Gasteiger partial charge on any atom is 0.209 e. The molecule has 0 saturated carbocycles.